The Morgan fingerprint density at radius 2 is 1.04 bits per heavy atom. The summed E-state index contributed by atoms with van der Waals surface area (Å²) in [5.41, 5.74) is 9.71. The Kier molecular flexibility index (Phi) is 15.5. The molecule has 14 nitrogen and oxygen atoms in total. The van der Waals surface area contributed by atoms with Crippen LogP contribution in [0.25, 0.3) is 0 Å². The fraction of sp³-hybridized carbons (Fsp3) is 0.667. The summed E-state index contributed by atoms with van der Waals surface area (Å²) in [6, 6.07) is -2.83. The van der Waals surface area contributed by atoms with E-state index in [1.54, 1.807) is 0 Å². The molecule has 0 saturated carbocycles. The van der Waals surface area contributed by atoms with Crippen LogP contribution in [0.4, 0.5) is 0 Å². The van der Waals surface area contributed by atoms with Gasteiger partial charge in [0.25, 0.3) is 0 Å². The fourth-order valence-corrected chi connectivity index (χ4v) is 1.26. The predicted molar refractivity (Wildman–Crippen MR) is 72.1 cm³/mol. The molecular formula is C6H16CaN2O12P2. The van der Waals surface area contributed by atoms with Gasteiger partial charge in [0.1, 0.15) is 12.1 Å². The van der Waals surface area contributed by atoms with Crippen molar-refractivity contribution in [1.82, 2.24) is 0 Å². The van der Waals surface area contributed by atoms with Gasteiger partial charge in [0, 0.05) is 37.7 Å². The SMILES string of the molecule is N[C@@H](CO)C(=O)OP(=O)(O)O.N[C@@H](CO)C(=O)OP(=O)(O)O.[Ca]. The van der Waals surface area contributed by atoms with Crippen molar-refractivity contribution in [3.05, 3.63) is 0 Å². The Labute approximate surface area is 159 Å². The van der Waals surface area contributed by atoms with Gasteiger partial charge < -0.3 is 30.7 Å². The van der Waals surface area contributed by atoms with Gasteiger partial charge >= 0.3 is 27.6 Å². The normalized spacial score (nSPS) is 13.6. The van der Waals surface area contributed by atoms with Crippen LogP contribution in [0.15, 0.2) is 0 Å². The number of carbonyl (C=O) groups is 2. The number of rotatable bonds is 6. The Hall–Kier alpha value is 0.340. The van der Waals surface area contributed by atoms with Gasteiger partial charge in [-0.3, -0.25) is 19.6 Å². The van der Waals surface area contributed by atoms with Crippen LogP contribution in [0.5, 0.6) is 0 Å². The molecule has 134 valence electrons. The summed E-state index contributed by atoms with van der Waals surface area (Å²) in [6.45, 7) is -1.45. The van der Waals surface area contributed by atoms with E-state index in [0.717, 1.165) is 0 Å². The van der Waals surface area contributed by atoms with Gasteiger partial charge in [0.15, 0.2) is 0 Å². The van der Waals surface area contributed by atoms with Crippen molar-refractivity contribution in [2.24, 2.45) is 11.5 Å². The van der Waals surface area contributed by atoms with E-state index < -0.39 is 52.9 Å². The van der Waals surface area contributed by atoms with Crippen LogP contribution in [0.3, 0.4) is 0 Å². The van der Waals surface area contributed by atoms with Gasteiger partial charge in [-0.15, -0.1) is 0 Å². The number of nitrogens with two attached hydrogens (primary N) is 2. The first-order valence-corrected chi connectivity index (χ1v) is 8.10. The Morgan fingerprint density at radius 1 is 0.826 bits per heavy atom. The molecule has 2 radical (unpaired) electrons. The van der Waals surface area contributed by atoms with Crippen LogP contribution < -0.4 is 11.5 Å². The van der Waals surface area contributed by atoms with E-state index in [-0.39, 0.29) is 37.7 Å². The van der Waals surface area contributed by atoms with E-state index in [4.69, 9.17) is 41.3 Å². The minimum Gasteiger partial charge on any atom is -0.394 e. The molecule has 0 aromatic rings. The topological polar surface area (TPSA) is 260 Å². The molecule has 0 heterocycles. The smallest absolute Gasteiger partial charge is 0.394 e. The summed E-state index contributed by atoms with van der Waals surface area (Å²) in [6.07, 6.45) is 0. The van der Waals surface area contributed by atoms with Crippen LogP contribution in [-0.4, -0.2) is 105 Å². The number of hydrogen-bond donors (Lipinski definition) is 8. The summed E-state index contributed by atoms with van der Waals surface area (Å²) in [5.74, 6) is -2.67. The van der Waals surface area contributed by atoms with Crippen molar-refractivity contribution in [3.8, 4) is 0 Å². The van der Waals surface area contributed by atoms with Gasteiger partial charge in [-0.25, -0.2) is 18.7 Å². The molecule has 2 atom stereocenters. The maximum atomic E-state index is 10.4. The van der Waals surface area contributed by atoms with Crippen molar-refractivity contribution >= 4 is 65.3 Å². The Morgan fingerprint density at radius 3 is 1.17 bits per heavy atom. The Bertz CT molecular complexity index is 420. The van der Waals surface area contributed by atoms with Crippen molar-refractivity contribution in [2.45, 2.75) is 12.1 Å². The zero-order chi connectivity index (χ0) is 18.1. The van der Waals surface area contributed by atoms with Crippen molar-refractivity contribution in [3.63, 3.8) is 0 Å². The second-order valence-corrected chi connectivity index (χ2v) is 5.71. The number of phosphoric ester groups is 2. The number of phosphoric acid groups is 2. The zero-order valence-corrected chi connectivity index (χ0v) is 15.5. The molecule has 0 aliphatic rings. The van der Waals surface area contributed by atoms with Gasteiger partial charge in [-0.2, -0.15) is 0 Å². The molecule has 0 aromatic heterocycles. The predicted octanol–water partition coefficient (Wildman–Crippen LogP) is -4.50. The van der Waals surface area contributed by atoms with Crippen LogP contribution in [0, 0.1) is 0 Å². The monoisotopic (exact) mass is 410 g/mol. The summed E-state index contributed by atoms with van der Waals surface area (Å²) in [5, 5.41) is 16.4. The molecule has 17 heteroatoms. The van der Waals surface area contributed by atoms with Crippen molar-refractivity contribution < 1.29 is 57.6 Å². The summed E-state index contributed by atoms with van der Waals surface area (Å²) >= 11 is 0. The van der Waals surface area contributed by atoms with E-state index in [1.165, 1.54) is 0 Å². The minimum atomic E-state index is -4.83. The van der Waals surface area contributed by atoms with Crippen LogP contribution >= 0.6 is 15.6 Å². The van der Waals surface area contributed by atoms with E-state index in [2.05, 4.69) is 9.05 Å². The first-order chi connectivity index (χ1) is 9.73. The van der Waals surface area contributed by atoms with Crippen LogP contribution in [-0.2, 0) is 27.8 Å². The number of aliphatic hydroxyl groups is 2. The molecule has 0 aliphatic heterocycles. The van der Waals surface area contributed by atoms with Gasteiger partial charge in [0.05, 0.1) is 13.2 Å². The number of aliphatic hydroxyl groups excluding tert-OH is 2. The maximum Gasteiger partial charge on any atom is 0.527 e. The first-order valence-electron chi connectivity index (χ1n) is 5.04. The maximum absolute atomic E-state index is 10.4. The summed E-state index contributed by atoms with van der Waals surface area (Å²) in [4.78, 5) is 53.0. The first kappa shape index (κ1) is 28.2. The third kappa shape index (κ3) is 18.5. The zero-order valence-electron chi connectivity index (χ0n) is 11.5. The minimum absolute atomic E-state index is 0. The quantitative estimate of drug-likeness (QED) is 0.152. The molecule has 0 rings (SSSR count). The largest absolute Gasteiger partial charge is 0.527 e. The van der Waals surface area contributed by atoms with Gasteiger partial charge in [0.2, 0.25) is 0 Å². The molecule has 0 aliphatic carbocycles. The number of hydrogen-bond acceptors (Lipinski definition) is 10. The average Bonchev–Trinajstić information content (AvgIpc) is 2.33. The molecule has 0 unspecified atom stereocenters. The average molecular weight is 410 g/mol. The van der Waals surface area contributed by atoms with Crippen molar-refractivity contribution in [2.75, 3.05) is 13.2 Å². The van der Waals surface area contributed by atoms with E-state index >= 15 is 0 Å². The van der Waals surface area contributed by atoms with E-state index in [9.17, 15) is 18.7 Å². The Balaban J connectivity index is -0.000000333. The molecule has 0 aromatic carbocycles. The van der Waals surface area contributed by atoms with Gasteiger partial charge in [-0.05, 0) is 0 Å². The molecular weight excluding hydrogens is 394 g/mol. The standard InChI is InChI=1S/2C3H8NO6P.Ca/c2*4-2(1-5)3(6)10-11(7,8)9;/h2*2,5H,1,4H2,(H2,7,8,9);/t2*2-;/m00./s1. The van der Waals surface area contributed by atoms with Gasteiger partial charge in [-0.1, -0.05) is 0 Å². The van der Waals surface area contributed by atoms with Crippen LogP contribution in [0.2, 0.25) is 0 Å². The van der Waals surface area contributed by atoms with E-state index in [0.29, 0.717) is 0 Å². The third-order valence-electron chi connectivity index (χ3n) is 1.42. The van der Waals surface area contributed by atoms with E-state index in [1.807, 2.05) is 0 Å². The third-order valence-corrected chi connectivity index (χ3v) is 2.25. The molecule has 0 amide bonds. The molecule has 0 fully saturated rings. The van der Waals surface area contributed by atoms with Crippen LogP contribution in [0.1, 0.15) is 0 Å². The number of carbonyl (C=O) groups excluding carboxylic acids is 2. The second kappa shape index (κ2) is 12.7. The molecule has 10 N–H and O–H groups in total. The molecule has 0 spiro atoms. The molecule has 23 heavy (non-hydrogen) atoms. The molecule has 0 saturated heterocycles. The second-order valence-electron chi connectivity index (χ2n) is 3.38. The fourth-order valence-electron chi connectivity index (χ4n) is 0.519. The summed E-state index contributed by atoms with van der Waals surface area (Å²) < 4.78 is 27.0. The molecule has 0 bridgehead atoms. The summed E-state index contributed by atoms with van der Waals surface area (Å²) in [7, 11) is -9.66. The van der Waals surface area contributed by atoms with Crippen molar-refractivity contribution in [1.29, 1.82) is 0 Å².